The molecule has 8 heteroatoms. The molecule has 0 aromatic carbocycles. The summed E-state index contributed by atoms with van der Waals surface area (Å²) in [4.78, 5) is 6.35. The van der Waals surface area contributed by atoms with Crippen molar-refractivity contribution in [3.05, 3.63) is 34.3 Å². The normalized spacial score (nSPS) is 21.1. The van der Waals surface area contributed by atoms with Crippen LogP contribution in [-0.4, -0.2) is 15.5 Å². The molecule has 15 heavy (non-hydrogen) atoms. The molecule has 0 saturated carbocycles. The zero-order valence-corrected chi connectivity index (χ0v) is 10.1. The second-order valence-electron chi connectivity index (χ2n) is 2.57. The molecule has 0 amide bonds. The molecule has 7 nitrogen and oxygen atoms in total. The topological polar surface area (TPSA) is 98.0 Å². The molecule has 0 bridgehead atoms. The Labute approximate surface area is 97.3 Å². The molecule has 0 aromatic heterocycles. The molecule has 1 atom stereocenters. The van der Waals surface area contributed by atoms with Crippen molar-refractivity contribution in [2.45, 2.75) is 6.42 Å². The summed E-state index contributed by atoms with van der Waals surface area (Å²) < 4.78 is 4.83. The van der Waals surface area contributed by atoms with Gasteiger partial charge in [-0.3, -0.25) is 0 Å². The van der Waals surface area contributed by atoms with Crippen molar-refractivity contribution in [2.24, 2.45) is 5.90 Å². The summed E-state index contributed by atoms with van der Waals surface area (Å²) in [6.07, 6.45) is 4.87. The number of rotatable bonds is 4. The van der Waals surface area contributed by atoms with Gasteiger partial charge in [-0.25, -0.2) is 0 Å². The van der Waals surface area contributed by atoms with E-state index in [0.717, 1.165) is 0 Å². The van der Waals surface area contributed by atoms with E-state index in [9.17, 15) is 10.4 Å². The second kappa shape index (κ2) is 6.02. The molecule has 0 fully saturated rings. The summed E-state index contributed by atoms with van der Waals surface area (Å²) in [5, 5.41) is 21.6. The number of alkyl halides is 1. The molecule has 0 aromatic rings. The average Bonchev–Trinajstić information content (AvgIpc) is 2.28. The van der Waals surface area contributed by atoms with Crippen LogP contribution in [0.1, 0.15) is 6.42 Å². The van der Waals surface area contributed by atoms with Crippen LogP contribution in [0.3, 0.4) is 0 Å². The van der Waals surface area contributed by atoms with Crippen molar-refractivity contribution < 1.29 is 39.9 Å². The van der Waals surface area contributed by atoms with E-state index in [1.54, 1.807) is 6.08 Å². The van der Waals surface area contributed by atoms with Crippen molar-refractivity contribution in [1.29, 1.82) is 0 Å². The van der Waals surface area contributed by atoms with Crippen LogP contribution in [0.5, 0.6) is 0 Å². The van der Waals surface area contributed by atoms with Crippen LogP contribution in [0.4, 0.5) is 0 Å². The first-order valence-electron chi connectivity index (χ1n) is 3.98. The van der Waals surface area contributed by atoms with E-state index in [1.807, 2.05) is 4.93 Å². The van der Waals surface area contributed by atoms with E-state index >= 15 is 0 Å². The first kappa shape index (κ1) is 12.4. The predicted molar refractivity (Wildman–Crippen MR) is 47.1 cm³/mol. The third kappa shape index (κ3) is 3.43. The van der Waals surface area contributed by atoms with Gasteiger partial charge < -0.3 is 0 Å². The van der Waals surface area contributed by atoms with Crippen molar-refractivity contribution >= 4 is 5.71 Å². The first-order valence-corrected chi connectivity index (χ1v) is 7.01. The molecule has 1 rings (SSSR count). The fraction of sp³-hybridized carbons (Fsp3) is 0.286. The van der Waals surface area contributed by atoms with E-state index in [2.05, 4.69) is 4.94 Å². The fourth-order valence-corrected chi connectivity index (χ4v) is 1.61. The van der Waals surface area contributed by atoms with Crippen LogP contribution in [0, 0.1) is 10.4 Å². The SMILES string of the molecule is C[I-]O/[N+]([O-])=C1\C=CC([NH+]([O-])ON)=CC1. The van der Waals surface area contributed by atoms with Gasteiger partial charge >= 0.3 is 97.2 Å². The van der Waals surface area contributed by atoms with Gasteiger partial charge in [-0.05, 0) is 0 Å². The third-order valence-electron chi connectivity index (χ3n) is 1.70. The van der Waals surface area contributed by atoms with Crippen molar-refractivity contribution in [3.8, 4) is 0 Å². The van der Waals surface area contributed by atoms with Gasteiger partial charge in [-0.15, -0.1) is 0 Å². The quantitative estimate of drug-likeness (QED) is 0.235. The monoisotopic (exact) mass is 328 g/mol. The zero-order valence-electron chi connectivity index (χ0n) is 7.97. The Morgan fingerprint density at radius 1 is 1.60 bits per heavy atom. The van der Waals surface area contributed by atoms with E-state index in [1.165, 1.54) is 12.2 Å². The number of hydrogen-bond acceptors (Lipinski definition) is 5. The fourth-order valence-electron chi connectivity index (χ4n) is 0.998. The molecule has 1 aliphatic carbocycles. The molecule has 86 valence electrons. The average molecular weight is 328 g/mol. The number of halogens is 1. The van der Waals surface area contributed by atoms with Crippen molar-refractivity contribution in [2.75, 3.05) is 4.93 Å². The minimum atomic E-state index is -0.619. The van der Waals surface area contributed by atoms with Gasteiger partial charge in [-0.2, -0.15) is 0 Å². The van der Waals surface area contributed by atoms with Crippen LogP contribution in [0.15, 0.2) is 23.9 Å². The Hall–Kier alpha value is -0.680. The van der Waals surface area contributed by atoms with Gasteiger partial charge in [0.1, 0.15) is 0 Å². The summed E-state index contributed by atoms with van der Waals surface area (Å²) in [7, 11) is 0. The Morgan fingerprint density at radius 2 is 2.33 bits per heavy atom. The van der Waals surface area contributed by atoms with Gasteiger partial charge in [0.25, 0.3) is 0 Å². The minimum absolute atomic E-state index is 0.328. The number of nitrogens with one attached hydrogen (secondary N) is 1. The maximum atomic E-state index is 11.2. The first-order chi connectivity index (χ1) is 7.19. The van der Waals surface area contributed by atoms with Gasteiger partial charge in [-0.1, -0.05) is 0 Å². The van der Waals surface area contributed by atoms with Gasteiger partial charge in [0, 0.05) is 0 Å². The number of nitrogens with zero attached hydrogens (tertiary/aromatic N) is 1. The van der Waals surface area contributed by atoms with Gasteiger partial charge in [0.2, 0.25) is 0 Å². The van der Waals surface area contributed by atoms with Gasteiger partial charge in [0.05, 0.1) is 0 Å². The summed E-state index contributed by atoms with van der Waals surface area (Å²) in [5.41, 5.74) is 0.783. The van der Waals surface area contributed by atoms with Crippen molar-refractivity contribution in [3.63, 3.8) is 0 Å². The summed E-state index contributed by atoms with van der Waals surface area (Å²) in [6.45, 7) is 0. The molecule has 1 unspecified atom stereocenters. The van der Waals surface area contributed by atoms with E-state index < -0.39 is 26.8 Å². The van der Waals surface area contributed by atoms with Crippen LogP contribution in [0.2, 0.25) is 0 Å². The summed E-state index contributed by atoms with van der Waals surface area (Å²) >= 11 is -0.561. The molecule has 0 spiro atoms. The number of hydroxylamine groups is 2. The summed E-state index contributed by atoms with van der Waals surface area (Å²) in [5.74, 6) is 4.72. The molecule has 0 radical (unpaired) electrons. The Kier molecular flexibility index (Phi) is 4.98. The number of allylic oxidation sites excluding steroid dienone is 3. The maximum absolute atomic E-state index is 11.2. The Bertz CT molecular complexity index is 315. The third-order valence-corrected chi connectivity index (χ3v) is 2.45. The zero-order chi connectivity index (χ0) is 11.3. The standard InChI is InChI=1S/C7H11IN3O4/c1-8-14-10(12)6-2-4-7(5-3-6)11(13)15-9/h2,4-5,11H,3,9H2,1H3/q-1/b10-6+. The molecular weight excluding hydrogens is 317 g/mol. The molecule has 1 aliphatic rings. The van der Waals surface area contributed by atoms with Crippen LogP contribution in [0.25, 0.3) is 0 Å². The Morgan fingerprint density at radius 3 is 2.80 bits per heavy atom. The van der Waals surface area contributed by atoms with Crippen LogP contribution >= 0.6 is 0 Å². The van der Waals surface area contributed by atoms with Crippen LogP contribution in [-0.2, 0) is 8.11 Å². The van der Waals surface area contributed by atoms with Gasteiger partial charge in [0.15, 0.2) is 0 Å². The van der Waals surface area contributed by atoms with E-state index in [-0.39, 0.29) is 0 Å². The summed E-state index contributed by atoms with van der Waals surface area (Å²) in [6, 6.07) is 0. The molecular formula is C7H11IN3O4-. The van der Waals surface area contributed by atoms with Crippen LogP contribution < -0.4 is 32.7 Å². The number of nitrogens with two attached hydrogens (primary N) is 1. The predicted octanol–water partition coefficient (Wildman–Crippen LogP) is -4.47. The molecule has 3 N–H and O–H groups in total. The van der Waals surface area contributed by atoms with E-state index in [4.69, 9.17) is 9.06 Å². The number of hydrogen-bond donors (Lipinski definition) is 2. The Balaban J connectivity index is 2.67. The molecule has 0 saturated heterocycles. The molecule has 0 aliphatic heterocycles. The number of quaternary nitrogens is 1. The molecule has 0 heterocycles. The van der Waals surface area contributed by atoms with E-state index in [0.29, 0.717) is 22.7 Å². The van der Waals surface area contributed by atoms with Crippen molar-refractivity contribution in [1.82, 2.24) is 0 Å². The second-order valence-corrected chi connectivity index (χ2v) is 3.85.